The molecule has 0 heterocycles. The lowest BCUT2D eigenvalue weighted by Gasteiger charge is -2.29. The smallest absolute Gasteiger partial charge is 0.407 e. The quantitative estimate of drug-likeness (QED) is 0.629. The highest BCUT2D eigenvalue weighted by molar-refractivity contribution is 5.67. The van der Waals surface area contributed by atoms with E-state index in [0.29, 0.717) is 17.8 Å². The number of nitrogens with one attached hydrogen (secondary N) is 2. The average Bonchev–Trinajstić information content (AvgIpc) is 2.48. The van der Waals surface area contributed by atoms with Gasteiger partial charge in [0.25, 0.3) is 0 Å². The molecule has 0 radical (unpaired) electrons. The lowest BCUT2D eigenvalue weighted by atomic mass is 9.82. The summed E-state index contributed by atoms with van der Waals surface area (Å²) < 4.78 is 11.1. The van der Waals surface area contributed by atoms with Crippen LogP contribution in [0, 0.1) is 17.8 Å². The van der Waals surface area contributed by atoms with Crippen LogP contribution in [-0.2, 0) is 9.47 Å². The van der Waals surface area contributed by atoms with Crippen LogP contribution in [0.2, 0.25) is 0 Å². The van der Waals surface area contributed by atoms with Crippen LogP contribution in [0.5, 0.6) is 0 Å². The third-order valence-corrected chi connectivity index (χ3v) is 4.23. The fourth-order valence-corrected chi connectivity index (χ4v) is 2.93. The third kappa shape index (κ3) is 10.9. The molecule has 5 nitrogen and oxygen atoms in total. The molecular weight excluding hydrogens is 304 g/mol. The molecule has 0 aliphatic heterocycles. The first kappa shape index (κ1) is 21.2. The summed E-state index contributed by atoms with van der Waals surface area (Å²) >= 11 is 0. The Kier molecular flexibility index (Phi) is 9.67. The highest BCUT2D eigenvalue weighted by atomic mass is 16.6. The van der Waals surface area contributed by atoms with Crippen molar-refractivity contribution in [3.63, 3.8) is 0 Å². The van der Waals surface area contributed by atoms with Crippen LogP contribution >= 0.6 is 0 Å². The maximum absolute atomic E-state index is 11.7. The normalized spacial score (nSPS) is 21.8. The third-order valence-electron chi connectivity index (χ3n) is 4.23. The summed E-state index contributed by atoms with van der Waals surface area (Å²) in [5.41, 5.74) is -0.427. The SMILES string of the molecule is CC(C)CNCCOCC1CCC(CNC(=O)OC(C)(C)C)CC1. The van der Waals surface area contributed by atoms with Crippen molar-refractivity contribution in [2.75, 3.05) is 32.8 Å². The monoisotopic (exact) mass is 342 g/mol. The largest absolute Gasteiger partial charge is 0.444 e. The van der Waals surface area contributed by atoms with Gasteiger partial charge in [0, 0.05) is 19.7 Å². The molecule has 1 aliphatic rings. The van der Waals surface area contributed by atoms with Crippen LogP contribution in [0.4, 0.5) is 4.79 Å². The average molecular weight is 343 g/mol. The van der Waals surface area contributed by atoms with Crippen LogP contribution in [0.15, 0.2) is 0 Å². The highest BCUT2D eigenvalue weighted by Gasteiger charge is 2.23. The Bertz CT molecular complexity index is 345. The molecule has 24 heavy (non-hydrogen) atoms. The van der Waals surface area contributed by atoms with Crippen molar-refractivity contribution in [2.45, 2.75) is 65.9 Å². The summed E-state index contributed by atoms with van der Waals surface area (Å²) in [5, 5.41) is 6.29. The van der Waals surface area contributed by atoms with E-state index in [1.54, 1.807) is 0 Å². The fourth-order valence-electron chi connectivity index (χ4n) is 2.93. The molecule has 0 spiro atoms. The summed E-state index contributed by atoms with van der Waals surface area (Å²) in [6.07, 6.45) is 4.41. The predicted molar refractivity (Wildman–Crippen MR) is 98.2 cm³/mol. The number of carbonyl (C=O) groups excluding carboxylic acids is 1. The molecule has 1 rings (SSSR count). The Labute approximate surface area is 148 Å². The van der Waals surface area contributed by atoms with E-state index >= 15 is 0 Å². The highest BCUT2D eigenvalue weighted by Crippen LogP contribution is 2.28. The van der Waals surface area contributed by atoms with Crippen molar-refractivity contribution in [3.05, 3.63) is 0 Å². The van der Waals surface area contributed by atoms with Crippen LogP contribution < -0.4 is 10.6 Å². The minimum absolute atomic E-state index is 0.304. The summed E-state index contributed by atoms with van der Waals surface area (Å²) in [6.45, 7) is 14.5. The van der Waals surface area contributed by atoms with Gasteiger partial charge in [-0.2, -0.15) is 0 Å². The van der Waals surface area contributed by atoms with Crippen LogP contribution in [0.3, 0.4) is 0 Å². The Morgan fingerprint density at radius 1 is 1.12 bits per heavy atom. The predicted octanol–water partition coefficient (Wildman–Crippen LogP) is 3.58. The standard InChI is InChI=1S/C19H38N2O3/c1-15(2)12-20-10-11-23-14-17-8-6-16(7-9-17)13-21-18(22)24-19(3,4)5/h15-17,20H,6-14H2,1-5H3,(H,21,22). The molecule has 1 fully saturated rings. The zero-order chi connectivity index (χ0) is 18.0. The van der Waals surface area contributed by atoms with E-state index in [2.05, 4.69) is 24.5 Å². The molecule has 5 heteroatoms. The van der Waals surface area contributed by atoms with Gasteiger partial charge in [-0.3, -0.25) is 0 Å². The molecule has 2 N–H and O–H groups in total. The van der Waals surface area contributed by atoms with Gasteiger partial charge in [0.1, 0.15) is 5.60 Å². The first-order valence-corrected chi connectivity index (χ1v) is 9.51. The van der Waals surface area contributed by atoms with Gasteiger partial charge in [0.15, 0.2) is 0 Å². The molecule has 0 unspecified atom stereocenters. The Hall–Kier alpha value is -0.810. The van der Waals surface area contributed by atoms with Crippen LogP contribution in [0.1, 0.15) is 60.3 Å². The van der Waals surface area contributed by atoms with E-state index in [1.807, 2.05) is 20.8 Å². The van der Waals surface area contributed by atoms with Gasteiger partial charge in [0.2, 0.25) is 0 Å². The number of amides is 1. The maximum atomic E-state index is 11.7. The minimum atomic E-state index is -0.427. The Morgan fingerprint density at radius 2 is 1.75 bits per heavy atom. The van der Waals surface area contributed by atoms with Gasteiger partial charge in [-0.05, 0) is 70.8 Å². The Balaban J connectivity index is 2.02. The minimum Gasteiger partial charge on any atom is -0.444 e. The second kappa shape index (κ2) is 10.9. The van der Waals surface area contributed by atoms with E-state index in [9.17, 15) is 4.79 Å². The zero-order valence-corrected chi connectivity index (χ0v) is 16.3. The molecular formula is C19H38N2O3. The summed E-state index contributed by atoms with van der Waals surface area (Å²) in [6, 6.07) is 0. The van der Waals surface area contributed by atoms with Gasteiger partial charge in [0.05, 0.1) is 6.61 Å². The topological polar surface area (TPSA) is 59.6 Å². The number of hydrogen-bond acceptors (Lipinski definition) is 4. The molecule has 0 aromatic rings. The first-order chi connectivity index (χ1) is 11.3. The first-order valence-electron chi connectivity index (χ1n) is 9.51. The number of rotatable bonds is 9. The Morgan fingerprint density at radius 3 is 2.33 bits per heavy atom. The van der Waals surface area contributed by atoms with Crippen molar-refractivity contribution in [3.8, 4) is 0 Å². The number of alkyl carbamates (subject to hydrolysis) is 1. The molecule has 0 aromatic carbocycles. The number of hydrogen-bond donors (Lipinski definition) is 2. The summed E-state index contributed by atoms with van der Waals surface area (Å²) in [4.78, 5) is 11.7. The molecule has 0 bridgehead atoms. The van der Waals surface area contributed by atoms with E-state index in [0.717, 1.165) is 45.7 Å². The van der Waals surface area contributed by atoms with E-state index in [1.165, 1.54) is 12.8 Å². The van der Waals surface area contributed by atoms with Crippen molar-refractivity contribution in [1.29, 1.82) is 0 Å². The molecule has 0 atom stereocenters. The van der Waals surface area contributed by atoms with Crippen molar-refractivity contribution >= 4 is 6.09 Å². The van der Waals surface area contributed by atoms with Crippen molar-refractivity contribution in [2.24, 2.45) is 17.8 Å². The van der Waals surface area contributed by atoms with Gasteiger partial charge in [-0.25, -0.2) is 4.79 Å². The lowest BCUT2D eigenvalue weighted by Crippen LogP contribution is -2.36. The van der Waals surface area contributed by atoms with E-state index < -0.39 is 5.60 Å². The van der Waals surface area contributed by atoms with Gasteiger partial charge in [-0.15, -0.1) is 0 Å². The number of ether oxygens (including phenoxy) is 2. The molecule has 0 aromatic heterocycles. The molecule has 1 amide bonds. The number of carbonyl (C=O) groups is 1. The van der Waals surface area contributed by atoms with Crippen LogP contribution in [0.25, 0.3) is 0 Å². The van der Waals surface area contributed by atoms with Crippen molar-refractivity contribution < 1.29 is 14.3 Å². The van der Waals surface area contributed by atoms with E-state index in [4.69, 9.17) is 9.47 Å². The van der Waals surface area contributed by atoms with Gasteiger partial charge >= 0.3 is 6.09 Å². The molecule has 142 valence electrons. The van der Waals surface area contributed by atoms with E-state index in [-0.39, 0.29) is 6.09 Å². The summed E-state index contributed by atoms with van der Waals surface area (Å²) in [5.74, 6) is 1.93. The zero-order valence-electron chi connectivity index (χ0n) is 16.3. The second-order valence-electron chi connectivity index (χ2n) is 8.44. The molecule has 1 saturated carbocycles. The summed E-state index contributed by atoms with van der Waals surface area (Å²) in [7, 11) is 0. The van der Waals surface area contributed by atoms with Crippen LogP contribution in [-0.4, -0.2) is 44.5 Å². The molecule has 1 aliphatic carbocycles. The van der Waals surface area contributed by atoms with Gasteiger partial charge in [-0.1, -0.05) is 13.8 Å². The van der Waals surface area contributed by atoms with Crippen molar-refractivity contribution in [1.82, 2.24) is 10.6 Å². The maximum Gasteiger partial charge on any atom is 0.407 e. The second-order valence-corrected chi connectivity index (χ2v) is 8.44. The lowest BCUT2D eigenvalue weighted by molar-refractivity contribution is 0.0501. The molecule has 0 saturated heterocycles. The fraction of sp³-hybridized carbons (Fsp3) is 0.947. The van der Waals surface area contributed by atoms with Gasteiger partial charge < -0.3 is 20.1 Å².